The highest BCUT2D eigenvalue weighted by Gasteiger charge is 2.26. The minimum Gasteiger partial charge on any atom is -0.444 e. The average molecular weight is 466 g/mol. The van der Waals surface area contributed by atoms with Gasteiger partial charge in [0.2, 0.25) is 0 Å². The molecule has 0 bridgehead atoms. The molecule has 1 aliphatic carbocycles. The minimum atomic E-state index is -0.486. The number of nitrogens with two attached hydrogens (primary N) is 1. The molecular formula is C27H39N5O2. The van der Waals surface area contributed by atoms with Crippen molar-refractivity contribution >= 4 is 11.9 Å². The van der Waals surface area contributed by atoms with Gasteiger partial charge in [-0.2, -0.15) is 0 Å². The fourth-order valence-corrected chi connectivity index (χ4v) is 4.88. The molecule has 2 N–H and O–H groups in total. The van der Waals surface area contributed by atoms with Crippen LogP contribution in [0.4, 0.5) is 10.6 Å². The number of nitrogens with zero attached hydrogens (tertiary/aromatic N) is 4. The molecule has 34 heavy (non-hydrogen) atoms. The molecule has 4 rings (SSSR count). The van der Waals surface area contributed by atoms with Crippen LogP contribution in [0.1, 0.15) is 64.1 Å². The number of ether oxygens (including phenoxy) is 1. The molecule has 7 nitrogen and oxygen atoms in total. The van der Waals surface area contributed by atoms with Crippen LogP contribution in [-0.2, 0) is 17.7 Å². The number of amides is 1. The van der Waals surface area contributed by atoms with E-state index in [2.05, 4.69) is 28.1 Å². The van der Waals surface area contributed by atoms with Crippen LogP contribution in [0.5, 0.6) is 0 Å². The molecule has 3 heterocycles. The number of carbonyl (C=O) groups is 1. The van der Waals surface area contributed by atoms with Crippen molar-refractivity contribution in [1.29, 1.82) is 0 Å². The number of hydrogen-bond acceptors (Lipinski definition) is 6. The summed E-state index contributed by atoms with van der Waals surface area (Å²) in [6.07, 6.45) is 9.38. The Morgan fingerprint density at radius 3 is 2.50 bits per heavy atom. The summed E-state index contributed by atoms with van der Waals surface area (Å²) < 4.78 is 5.53. The highest BCUT2D eigenvalue weighted by Crippen LogP contribution is 2.29. The zero-order valence-corrected chi connectivity index (χ0v) is 20.9. The number of anilines is 1. The maximum atomic E-state index is 12.4. The molecule has 0 radical (unpaired) electrons. The molecule has 0 atom stereocenters. The summed E-state index contributed by atoms with van der Waals surface area (Å²) in [5.41, 5.74) is 9.78. The van der Waals surface area contributed by atoms with E-state index in [4.69, 9.17) is 15.5 Å². The van der Waals surface area contributed by atoms with Gasteiger partial charge in [0.25, 0.3) is 0 Å². The molecule has 0 spiro atoms. The minimum absolute atomic E-state index is 0.251. The Bertz CT molecular complexity index is 973. The predicted octanol–water partition coefficient (Wildman–Crippen LogP) is 4.78. The number of piperazine rings is 1. The largest absolute Gasteiger partial charge is 0.444 e. The lowest BCUT2D eigenvalue weighted by Crippen LogP contribution is -2.50. The smallest absolute Gasteiger partial charge is 0.410 e. The number of aromatic nitrogens is 2. The van der Waals surface area contributed by atoms with Crippen molar-refractivity contribution in [2.24, 2.45) is 11.7 Å². The van der Waals surface area contributed by atoms with E-state index < -0.39 is 5.60 Å². The lowest BCUT2D eigenvalue weighted by molar-refractivity contribution is 0.0240. The van der Waals surface area contributed by atoms with E-state index >= 15 is 0 Å². The topological polar surface area (TPSA) is 84.6 Å². The molecule has 2 aromatic heterocycles. The van der Waals surface area contributed by atoms with Crippen LogP contribution in [0.15, 0.2) is 30.5 Å². The fraction of sp³-hybridized carbons (Fsp3) is 0.593. The molecule has 2 aliphatic rings. The highest BCUT2D eigenvalue weighted by molar-refractivity contribution is 5.69. The SMILES string of the molecule is CC(C)(C)OC(=O)N1CCN(c2cc(CN)cc(-c3ccnc(CC4CCCCC4)c3)n2)CC1. The monoisotopic (exact) mass is 465 g/mol. The average Bonchev–Trinajstić information content (AvgIpc) is 2.83. The Morgan fingerprint density at radius 2 is 1.82 bits per heavy atom. The zero-order valence-electron chi connectivity index (χ0n) is 20.9. The third-order valence-corrected chi connectivity index (χ3v) is 6.70. The lowest BCUT2D eigenvalue weighted by atomic mass is 9.86. The summed E-state index contributed by atoms with van der Waals surface area (Å²) in [4.78, 5) is 26.1. The van der Waals surface area contributed by atoms with Gasteiger partial charge in [-0.25, -0.2) is 9.78 Å². The van der Waals surface area contributed by atoms with Gasteiger partial charge in [0, 0.05) is 50.2 Å². The second kappa shape index (κ2) is 10.7. The van der Waals surface area contributed by atoms with Gasteiger partial charge in [0.05, 0.1) is 5.69 Å². The van der Waals surface area contributed by atoms with Gasteiger partial charge in [0.1, 0.15) is 11.4 Å². The van der Waals surface area contributed by atoms with Crippen molar-refractivity contribution in [2.75, 3.05) is 31.1 Å². The molecule has 1 amide bonds. The molecule has 2 fully saturated rings. The summed E-state index contributed by atoms with van der Waals surface area (Å²) in [6, 6.07) is 8.38. The maximum absolute atomic E-state index is 12.4. The quantitative estimate of drug-likeness (QED) is 0.684. The second-order valence-electron chi connectivity index (χ2n) is 10.6. The maximum Gasteiger partial charge on any atom is 0.410 e. The summed E-state index contributed by atoms with van der Waals surface area (Å²) >= 11 is 0. The summed E-state index contributed by atoms with van der Waals surface area (Å²) in [7, 11) is 0. The Balaban J connectivity index is 1.47. The molecule has 0 aromatic carbocycles. The molecule has 1 saturated heterocycles. The van der Waals surface area contributed by atoms with Crippen molar-refractivity contribution < 1.29 is 9.53 Å². The van der Waals surface area contributed by atoms with Gasteiger partial charge in [-0.15, -0.1) is 0 Å². The molecule has 2 aromatic rings. The van der Waals surface area contributed by atoms with E-state index in [9.17, 15) is 4.79 Å². The molecular weight excluding hydrogens is 426 g/mol. The molecule has 1 saturated carbocycles. The fourth-order valence-electron chi connectivity index (χ4n) is 4.88. The van der Waals surface area contributed by atoms with E-state index in [1.54, 1.807) is 4.90 Å². The summed E-state index contributed by atoms with van der Waals surface area (Å²) in [5.74, 6) is 1.66. The predicted molar refractivity (Wildman–Crippen MR) is 136 cm³/mol. The van der Waals surface area contributed by atoms with E-state index in [0.717, 1.165) is 40.7 Å². The first-order valence-electron chi connectivity index (χ1n) is 12.7. The molecule has 1 aliphatic heterocycles. The Kier molecular flexibility index (Phi) is 7.71. The molecule has 7 heteroatoms. The number of rotatable bonds is 5. The lowest BCUT2D eigenvalue weighted by Gasteiger charge is -2.36. The standard InChI is InChI=1S/C27H39N5O2/c1-27(2,3)34-26(33)32-13-11-31(12-14-32)25-17-21(19-28)16-24(30-25)22-9-10-29-23(18-22)15-20-7-5-4-6-8-20/h9-10,16-18,20H,4-8,11-15,19,28H2,1-3H3. The van der Waals surface area contributed by atoms with Crippen molar-refractivity contribution in [2.45, 2.75) is 71.4 Å². The number of pyridine rings is 2. The number of carbonyl (C=O) groups excluding carboxylic acids is 1. The van der Waals surface area contributed by atoms with E-state index in [0.29, 0.717) is 32.7 Å². The first-order valence-corrected chi connectivity index (χ1v) is 12.7. The van der Waals surface area contributed by atoms with Gasteiger partial charge in [-0.1, -0.05) is 32.1 Å². The number of hydrogen-bond donors (Lipinski definition) is 1. The third kappa shape index (κ3) is 6.47. The highest BCUT2D eigenvalue weighted by atomic mass is 16.6. The van der Waals surface area contributed by atoms with Gasteiger partial charge in [-0.3, -0.25) is 4.98 Å². The Hall–Kier alpha value is -2.67. The zero-order chi connectivity index (χ0) is 24.1. The van der Waals surface area contributed by atoms with Gasteiger partial charge < -0.3 is 20.3 Å². The van der Waals surface area contributed by atoms with Crippen LogP contribution in [-0.4, -0.2) is 52.7 Å². The Labute approximate surface area is 203 Å². The van der Waals surface area contributed by atoms with Gasteiger partial charge in [0.15, 0.2) is 0 Å². The van der Waals surface area contributed by atoms with Gasteiger partial charge in [-0.05, 0) is 62.9 Å². The van der Waals surface area contributed by atoms with Crippen molar-refractivity contribution in [1.82, 2.24) is 14.9 Å². The van der Waals surface area contributed by atoms with Crippen LogP contribution in [0.3, 0.4) is 0 Å². The van der Waals surface area contributed by atoms with Crippen molar-refractivity contribution in [3.63, 3.8) is 0 Å². The van der Waals surface area contributed by atoms with Crippen molar-refractivity contribution in [3.05, 3.63) is 41.7 Å². The van der Waals surface area contributed by atoms with Crippen LogP contribution in [0.2, 0.25) is 0 Å². The van der Waals surface area contributed by atoms with Crippen LogP contribution in [0, 0.1) is 5.92 Å². The van der Waals surface area contributed by atoms with E-state index in [1.807, 2.05) is 33.0 Å². The van der Waals surface area contributed by atoms with E-state index in [1.165, 1.54) is 32.1 Å². The first-order chi connectivity index (χ1) is 16.3. The normalized spacial score (nSPS) is 17.6. The molecule has 184 valence electrons. The van der Waals surface area contributed by atoms with Crippen molar-refractivity contribution in [3.8, 4) is 11.3 Å². The second-order valence-corrected chi connectivity index (χ2v) is 10.6. The van der Waals surface area contributed by atoms with Gasteiger partial charge >= 0.3 is 6.09 Å². The van der Waals surface area contributed by atoms with E-state index in [-0.39, 0.29) is 6.09 Å². The van der Waals surface area contributed by atoms with Crippen LogP contribution < -0.4 is 10.6 Å². The van der Waals surface area contributed by atoms with Crippen LogP contribution in [0.25, 0.3) is 11.3 Å². The Morgan fingerprint density at radius 1 is 1.09 bits per heavy atom. The molecule has 0 unspecified atom stereocenters. The summed E-state index contributed by atoms with van der Waals surface area (Å²) in [5, 5.41) is 0. The first kappa shape index (κ1) is 24.5. The van der Waals surface area contributed by atoms with Crippen LogP contribution >= 0.6 is 0 Å². The summed E-state index contributed by atoms with van der Waals surface area (Å²) in [6.45, 7) is 8.78. The third-order valence-electron chi connectivity index (χ3n) is 6.70.